The molecule has 0 saturated carbocycles. The van der Waals surface area contributed by atoms with Gasteiger partial charge in [0.2, 0.25) is 11.8 Å². The molecule has 45 heavy (non-hydrogen) atoms. The number of rotatable bonds is 13. The molecule has 236 valence electrons. The lowest BCUT2D eigenvalue weighted by Crippen LogP contribution is -2.53. The van der Waals surface area contributed by atoms with Crippen LogP contribution in [0, 0.1) is 6.92 Å². The molecular weight excluding hydrogens is 606 g/mol. The van der Waals surface area contributed by atoms with Crippen molar-refractivity contribution in [3.8, 4) is 0 Å². The fourth-order valence-corrected chi connectivity index (χ4v) is 6.66. The highest BCUT2D eigenvalue weighted by molar-refractivity contribution is 7.92. The summed E-state index contributed by atoms with van der Waals surface area (Å²) < 4.78 is 29.5. The molecule has 2 amide bonds. The average Bonchev–Trinajstić information content (AvgIpc) is 3.03. The largest absolute Gasteiger partial charge is 0.355 e. The smallest absolute Gasteiger partial charge is 0.264 e. The summed E-state index contributed by atoms with van der Waals surface area (Å²) in [7, 11) is -4.17. The lowest BCUT2D eigenvalue weighted by atomic mass is 10.0. The third-order valence-electron chi connectivity index (χ3n) is 7.66. The number of amides is 2. The maximum absolute atomic E-state index is 14.5. The van der Waals surface area contributed by atoms with Crippen LogP contribution >= 0.6 is 11.6 Å². The zero-order valence-electron chi connectivity index (χ0n) is 26.1. The number of halogens is 1. The number of nitrogens with one attached hydrogen (secondary N) is 1. The van der Waals surface area contributed by atoms with Gasteiger partial charge in [-0.25, -0.2) is 8.42 Å². The van der Waals surface area contributed by atoms with Crippen molar-refractivity contribution in [2.24, 2.45) is 0 Å². The van der Waals surface area contributed by atoms with Gasteiger partial charge in [0.15, 0.2) is 0 Å². The molecule has 0 heterocycles. The Hall–Kier alpha value is -4.14. The first kappa shape index (κ1) is 33.7. The number of hydrogen-bond donors (Lipinski definition) is 1. The summed E-state index contributed by atoms with van der Waals surface area (Å²) in [5, 5.41) is 3.31. The Bertz CT molecular complexity index is 1690. The van der Waals surface area contributed by atoms with Crippen LogP contribution in [0.1, 0.15) is 48.9 Å². The fourth-order valence-electron chi connectivity index (χ4n) is 5.05. The Morgan fingerprint density at radius 1 is 0.844 bits per heavy atom. The van der Waals surface area contributed by atoms with E-state index in [2.05, 4.69) is 19.2 Å². The lowest BCUT2D eigenvalue weighted by Gasteiger charge is -2.34. The van der Waals surface area contributed by atoms with Crippen molar-refractivity contribution in [3.63, 3.8) is 0 Å². The molecule has 1 atom stereocenters. The second kappa shape index (κ2) is 15.2. The van der Waals surface area contributed by atoms with Crippen LogP contribution in [0.15, 0.2) is 108 Å². The highest BCUT2D eigenvalue weighted by atomic mass is 35.5. The van der Waals surface area contributed by atoms with Gasteiger partial charge in [-0.2, -0.15) is 0 Å². The highest BCUT2D eigenvalue weighted by Crippen LogP contribution is 2.28. The predicted molar refractivity (Wildman–Crippen MR) is 181 cm³/mol. The number of carbonyl (C=O) groups excluding carboxylic acids is 2. The third-order valence-corrected chi connectivity index (χ3v) is 9.81. The molecule has 0 aliphatic carbocycles. The van der Waals surface area contributed by atoms with E-state index in [1.54, 1.807) is 54.6 Å². The van der Waals surface area contributed by atoms with Crippen LogP contribution in [0.5, 0.6) is 0 Å². The van der Waals surface area contributed by atoms with Gasteiger partial charge in [0.1, 0.15) is 12.6 Å². The van der Waals surface area contributed by atoms with Crippen molar-refractivity contribution in [2.45, 2.75) is 57.5 Å². The minimum atomic E-state index is -4.17. The van der Waals surface area contributed by atoms with Gasteiger partial charge in [-0.05, 0) is 66.8 Å². The van der Waals surface area contributed by atoms with Gasteiger partial charge in [0.25, 0.3) is 10.0 Å². The van der Waals surface area contributed by atoms with Crippen molar-refractivity contribution < 1.29 is 18.0 Å². The molecule has 4 aromatic carbocycles. The topological polar surface area (TPSA) is 86.8 Å². The van der Waals surface area contributed by atoms with Crippen LogP contribution in [-0.2, 0) is 32.6 Å². The van der Waals surface area contributed by atoms with Gasteiger partial charge < -0.3 is 10.2 Å². The van der Waals surface area contributed by atoms with E-state index in [4.69, 9.17) is 11.6 Å². The number of aryl methyl sites for hydroxylation is 1. The molecule has 7 nitrogen and oxygen atoms in total. The SMILES string of the molecule is CCNC(=O)C(Cc1ccccc1)N(Cc1ccccc1Cl)C(=O)CN(c1ccc(C(C)C)cc1)S(=O)(=O)c1ccc(C)cc1. The normalized spacial score (nSPS) is 12.0. The zero-order valence-corrected chi connectivity index (χ0v) is 27.7. The molecule has 1 unspecified atom stereocenters. The van der Waals surface area contributed by atoms with E-state index in [1.165, 1.54) is 4.90 Å². The molecular formula is C36H40ClN3O4S. The van der Waals surface area contributed by atoms with E-state index in [-0.39, 0.29) is 29.7 Å². The zero-order chi connectivity index (χ0) is 32.6. The molecule has 0 aliphatic heterocycles. The van der Waals surface area contributed by atoms with Crippen molar-refractivity contribution in [1.29, 1.82) is 0 Å². The summed E-state index contributed by atoms with van der Waals surface area (Å²) in [6.07, 6.45) is 0.233. The first-order valence-electron chi connectivity index (χ1n) is 15.0. The van der Waals surface area contributed by atoms with Crippen LogP contribution in [0.4, 0.5) is 5.69 Å². The van der Waals surface area contributed by atoms with Gasteiger partial charge >= 0.3 is 0 Å². The summed E-state index contributed by atoms with van der Waals surface area (Å²) in [6.45, 7) is 7.66. The number of likely N-dealkylation sites (N-methyl/N-ethyl adjacent to an activating group) is 1. The van der Waals surface area contributed by atoms with Crippen LogP contribution < -0.4 is 9.62 Å². The standard InChI is InChI=1S/C36H40ClN3O4S/c1-5-38-36(42)34(23-28-11-7-6-8-12-28)39(24-30-13-9-10-14-33(30)37)35(41)25-40(31-19-17-29(18-20-31)26(2)3)45(43,44)32-21-15-27(4)16-22-32/h6-22,26,34H,5,23-25H2,1-4H3,(H,38,42). The van der Waals surface area contributed by atoms with Gasteiger partial charge in [0.05, 0.1) is 10.6 Å². The average molecular weight is 646 g/mol. The van der Waals surface area contributed by atoms with Gasteiger partial charge in [-0.3, -0.25) is 13.9 Å². The van der Waals surface area contributed by atoms with Crippen molar-refractivity contribution in [2.75, 3.05) is 17.4 Å². The molecule has 0 aromatic heterocycles. The summed E-state index contributed by atoms with van der Waals surface area (Å²) in [5.41, 5.74) is 3.80. The Morgan fingerprint density at radius 2 is 1.47 bits per heavy atom. The maximum atomic E-state index is 14.5. The molecule has 4 rings (SSSR count). The Balaban J connectivity index is 1.81. The molecule has 0 radical (unpaired) electrons. The third kappa shape index (κ3) is 8.53. The quantitative estimate of drug-likeness (QED) is 0.174. The fraction of sp³-hybridized carbons (Fsp3) is 0.278. The summed E-state index contributed by atoms with van der Waals surface area (Å²) >= 11 is 6.54. The molecule has 1 N–H and O–H groups in total. The molecule has 0 fully saturated rings. The minimum absolute atomic E-state index is 0.0118. The first-order chi connectivity index (χ1) is 21.5. The number of sulfonamides is 1. The number of hydrogen-bond acceptors (Lipinski definition) is 4. The number of anilines is 1. The molecule has 0 spiro atoms. The molecule has 4 aromatic rings. The molecule has 0 aliphatic rings. The second-order valence-electron chi connectivity index (χ2n) is 11.3. The first-order valence-corrected chi connectivity index (χ1v) is 16.9. The van der Waals surface area contributed by atoms with Crippen LogP contribution in [0.2, 0.25) is 5.02 Å². The van der Waals surface area contributed by atoms with E-state index in [1.807, 2.05) is 62.4 Å². The summed E-state index contributed by atoms with van der Waals surface area (Å²) in [6, 6.07) is 29.3. The second-order valence-corrected chi connectivity index (χ2v) is 13.6. The molecule has 0 bridgehead atoms. The van der Waals surface area contributed by atoms with Gasteiger partial charge in [0, 0.05) is 24.5 Å². The lowest BCUT2D eigenvalue weighted by molar-refractivity contribution is -0.140. The predicted octanol–water partition coefficient (Wildman–Crippen LogP) is 6.74. The van der Waals surface area contributed by atoms with E-state index >= 15 is 0 Å². The molecule has 0 saturated heterocycles. The van der Waals surface area contributed by atoms with Crippen molar-refractivity contribution in [3.05, 3.63) is 130 Å². The van der Waals surface area contributed by atoms with E-state index in [9.17, 15) is 18.0 Å². The van der Waals surface area contributed by atoms with Gasteiger partial charge in [-0.15, -0.1) is 0 Å². The summed E-state index contributed by atoms with van der Waals surface area (Å²) in [4.78, 5) is 29.6. The van der Waals surface area contributed by atoms with E-state index in [0.29, 0.717) is 22.8 Å². The number of benzene rings is 4. The van der Waals surface area contributed by atoms with Crippen molar-refractivity contribution in [1.82, 2.24) is 10.2 Å². The minimum Gasteiger partial charge on any atom is -0.355 e. The number of carbonyl (C=O) groups is 2. The molecule has 9 heteroatoms. The highest BCUT2D eigenvalue weighted by Gasteiger charge is 2.34. The Kier molecular flexibility index (Phi) is 11.4. The number of nitrogens with zero attached hydrogens (tertiary/aromatic N) is 2. The van der Waals surface area contributed by atoms with Crippen LogP contribution in [0.3, 0.4) is 0 Å². The monoisotopic (exact) mass is 645 g/mol. The Morgan fingerprint density at radius 3 is 2.07 bits per heavy atom. The van der Waals surface area contributed by atoms with Crippen LogP contribution in [-0.4, -0.2) is 44.3 Å². The van der Waals surface area contributed by atoms with Crippen LogP contribution in [0.25, 0.3) is 0 Å². The van der Waals surface area contributed by atoms with E-state index < -0.39 is 28.5 Å². The summed E-state index contributed by atoms with van der Waals surface area (Å²) in [5.74, 6) is -0.633. The Labute approximate surface area is 271 Å². The maximum Gasteiger partial charge on any atom is 0.264 e. The van der Waals surface area contributed by atoms with Crippen molar-refractivity contribution >= 4 is 39.1 Å². The van der Waals surface area contributed by atoms with E-state index in [0.717, 1.165) is 21.0 Å². The van der Waals surface area contributed by atoms with Gasteiger partial charge in [-0.1, -0.05) is 104 Å².